The number of carbonyl (C=O) groups excluding carboxylic acids is 4. The van der Waals surface area contributed by atoms with Gasteiger partial charge in [0.05, 0.1) is 24.3 Å². The third-order valence-corrected chi connectivity index (χ3v) is 5.03. The SMILES string of the molecule is CC(=O)C(S)C(CC(C)C)C(=O)NCC(=O)NCC(=O)N[C@@H](CCCN=C(N)N)C(=O)O. The van der Waals surface area contributed by atoms with Crippen molar-refractivity contribution in [2.24, 2.45) is 28.3 Å². The van der Waals surface area contributed by atoms with Crippen molar-refractivity contribution in [3.8, 4) is 0 Å². The number of hydrogen-bond acceptors (Lipinski definition) is 7. The summed E-state index contributed by atoms with van der Waals surface area (Å²) in [7, 11) is 0. The van der Waals surface area contributed by atoms with Crippen molar-refractivity contribution in [3.63, 3.8) is 0 Å². The van der Waals surface area contributed by atoms with Crippen LogP contribution in [0.3, 0.4) is 0 Å². The van der Waals surface area contributed by atoms with Crippen LogP contribution in [0, 0.1) is 11.8 Å². The molecule has 12 nitrogen and oxygen atoms in total. The molecule has 3 amide bonds. The molecule has 2 unspecified atom stereocenters. The summed E-state index contributed by atoms with van der Waals surface area (Å²) >= 11 is 4.20. The molecule has 0 rings (SSSR count). The lowest BCUT2D eigenvalue weighted by Gasteiger charge is -2.22. The maximum atomic E-state index is 12.4. The lowest BCUT2D eigenvalue weighted by molar-refractivity contribution is -0.142. The monoisotopic (exact) mass is 474 g/mol. The zero-order valence-corrected chi connectivity index (χ0v) is 19.5. The van der Waals surface area contributed by atoms with Crippen LogP contribution in [0.15, 0.2) is 4.99 Å². The average molecular weight is 475 g/mol. The van der Waals surface area contributed by atoms with Gasteiger partial charge in [-0.15, -0.1) is 0 Å². The number of aliphatic carboxylic acids is 1. The number of nitrogens with two attached hydrogens (primary N) is 2. The lowest BCUT2D eigenvalue weighted by atomic mass is 9.91. The van der Waals surface area contributed by atoms with Crippen LogP contribution in [0.5, 0.6) is 0 Å². The molecule has 0 saturated heterocycles. The number of nitrogens with zero attached hydrogens (tertiary/aromatic N) is 1. The standard InChI is InChI=1S/C19H34N6O6S/c1-10(2)7-12(16(32)11(3)26)17(29)24-8-14(27)23-9-15(28)25-13(18(30)31)5-4-6-22-19(20)21/h10,12-13,16,32H,4-9H2,1-3H3,(H,23,27)(H,24,29)(H,25,28)(H,30,31)(H4,20,21,22)/t12?,13-,16?/m0/s1. The largest absolute Gasteiger partial charge is 0.480 e. The van der Waals surface area contributed by atoms with Crippen molar-refractivity contribution in [1.29, 1.82) is 0 Å². The van der Waals surface area contributed by atoms with E-state index in [4.69, 9.17) is 11.5 Å². The second kappa shape index (κ2) is 15.1. The molecule has 182 valence electrons. The molecule has 0 bridgehead atoms. The van der Waals surface area contributed by atoms with E-state index in [9.17, 15) is 29.1 Å². The molecule has 0 aliphatic rings. The van der Waals surface area contributed by atoms with E-state index in [1.54, 1.807) is 0 Å². The lowest BCUT2D eigenvalue weighted by Crippen LogP contribution is -2.48. The maximum absolute atomic E-state index is 12.4. The van der Waals surface area contributed by atoms with Crippen LogP contribution in [0.1, 0.15) is 40.0 Å². The van der Waals surface area contributed by atoms with Gasteiger partial charge >= 0.3 is 5.97 Å². The summed E-state index contributed by atoms with van der Waals surface area (Å²) in [5.41, 5.74) is 10.4. The van der Waals surface area contributed by atoms with Crippen LogP contribution in [0.4, 0.5) is 0 Å². The Hall–Kier alpha value is -2.83. The van der Waals surface area contributed by atoms with Crippen LogP contribution >= 0.6 is 12.6 Å². The normalized spacial score (nSPS) is 13.4. The van der Waals surface area contributed by atoms with E-state index in [1.807, 2.05) is 13.8 Å². The molecule has 3 atom stereocenters. The number of amides is 3. The zero-order chi connectivity index (χ0) is 24.8. The Kier molecular flexibility index (Phi) is 13.7. The fourth-order valence-corrected chi connectivity index (χ4v) is 2.97. The second-order valence-corrected chi connectivity index (χ2v) is 8.25. The first kappa shape index (κ1) is 29.2. The maximum Gasteiger partial charge on any atom is 0.326 e. The van der Waals surface area contributed by atoms with Crippen LogP contribution in [-0.4, -0.2) is 71.5 Å². The summed E-state index contributed by atoms with van der Waals surface area (Å²) in [6.07, 6.45) is 0.848. The Balaban J connectivity index is 4.54. The predicted octanol–water partition coefficient (Wildman–Crippen LogP) is -1.61. The third-order valence-electron chi connectivity index (χ3n) is 4.31. The number of carboxylic acid groups (broad SMARTS) is 1. The Morgan fingerprint density at radius 3 is 2.12 bits per heavy atom. The van der Waals surface area contributed by atoms with Gasteiger partial charge in [0.15, 0.2) is 5.96 Å². The number of ketones is 1. The van der Waals surface area contributed by atoms with Gasteiger partial charge in [-0.05, 0) is 32.1 Å². The number of carboxylic acids is 1. The van der Waals surface area contributed by atoms with E-state index in [1.165, 1.54) is 6.92 Å². The summed E-state index contributed by atoms with van der Waals surface area (Å²) in [4.78, 5) is 62.9. The first-order chi connectivity index (χ1) is 14.8. The quantitative estimate of drug-likeness (QED) is 0.0634. The fourth-order valence-electron chi connectivity index (χ4n) is 2.72. The van der Waals surface area contributed by atoms with E-state index < -0.39 is 54.0 Å². The molecule has 0 radical (unpaired) electrons. The molecule has 0 aromatic carbocycles. The summed E-state index contributed by atoms with van der Waals surface area (Å²) in [6, 6.07) is -1.16. The van der Waals surface area contributed by atoms with Crippen molar-refractivity contribution in [2.45, 2.75) is 51.3 Å². The Bertz CT molecular complexity index is 710. The zero-order valence-electron chi connectivity index (χ0n) is 18.6. The van der Waals surface area contributed by atoms with E-state index in [0.29, 0.717) is 12.8 Å². The van der Waals surface area contributed by atoms with Crippen molar-refractivity contribution in [3.05, 3.63) is 0 Å². The Morgan fingerprint density at radius 1 is 1.03 bits per heavy atom. The molecule has 13 heteroatoms. The highest BCUT2D eigenvalue weighted by Crippen LogP contribution is 2.20. The highest BCUT2D eigenvalue weighted by molar-refractivity contribution is 7.81. The van der Waals surface area contributed by atoms with Crippen LogP contribution in [0.25, 0.3) is 0 Å². The van der Waals surface area contributed by atoms with E-state index >= 15 is 0 Å². The molecule has 0 spiro atoms. The number of carbonyl (C=O) groups is 5. The number of Topliss-reactive ketones (excluding diaryl/α,β-unsaturated/α-hetero) is 1. The van der Waals surface area contributed by atoms with E-state index in [-0.39, 0.29) is 30.6 Å². The number of aliphatic imine (C=N–C) groups is 1. The van der Waals surface area contributed by atoms with Crippen molar-refractivity contribution >= 4 is 48.1 Å². The predicted molar refractivity (Wildman–Crippen MR) is 122 cm³/mol. The molecule has 32 heavy (non-hydrogen) atoms. The first-order valence-electron chi connectivity index (χ1n) is 10.2. The summed E-state index contributed by atoms with van der Waals surface area (Å²) in [5.74, 6) is -3.98. The van der Waals surface area contributed by atoms with Crippen LogP contribution in [0.2, 0.25) is 0 Å². The molecule has 8 N–H and O–H groups in total. The summed E-state index contributed by atoms with van der Waals surface area (Å²) < 4.78 is 0. The number of rotatable bonds is 15. The number of hydrogen-bond donors (Lipinski definition) is 7. The molecular weight excluding hydrogens is 440 g/mol. The van der Waals surface area contributed by atoms with Gasteiger partial charge in [0, 0.05) is 6.54 Å². The first-order valence-corrected chi connectivity index (χ1v) is 10.7. The molecule has 0 aromatic heterocycles. The molecule has 0 aromatic rings. The molecular formula is C19H34N6O6S. The van der Waals surface area contributed by atoms with E-state index in [2.05, 4.69) is 33.6 Å². The van der Waals surface area contributed by atoms with E-state index in [0.717, 1.165) is 0 Å². The molecule has 0 saturated carbocycles. The van der Waals surface area contributed by atoms with Gasteiger partial charge in [0.2, 0.25) is 17.7 Å². The minimum absolute atomic E-state index is 0.0974. The third kappa shape index (κ3) is 12.8. The van der Waals surface area contributed by atoms with Crippen LogP contribution in [-0.2, 0) is 24.0 Å². The Labute approximate surface area is 192 Å². The van der Waals surface area contributed by atoms with Gasteiger partial charge in [-0.1, -0.05) is 13.8 Å². The number of guanidine groups is 1. The highest BCUT2D eigenvalue weighted by Gasteiger charge is 2.29. The molecule has 0 aliphatic heterocycles. The van der Waals surface area contributed by atoms with Gasteiger partial charge in [-0.2, -0.15) is 12.6 Å². The average Bonchev–Trinajstić information content (AvgIpc) is 2.69. The van der Waals surface area contributed by atoms with Gasteiger partial charge in [-0.25, -0.2) is 4.79 Å². The smallest absolute Gasteiger partial charge is 0.326 e. The summed E-state index contributed by atoms with van der Waals surface area (Å²) in [6.45, 7) is 4.49. The van der Waals surface area contributed by atoms with Gasteiger partial charge in [-0.3, -0.25) is 24.2 Å². The van der Waals surface area contributed by atoms with Crippen LogP contribution < -0.4 is 27.4 Å². The topological polar surface area (TPSA) is 206 Å². The molecule has 0 heterocycles. The number of nitrogens with one attached hydrogen (secondary N) is 3. The van der Waals surface area contributed by atoms with Crippen molar-refractivity contribution in [2.75, 3.05) is 19.6 Å². The molecule has 0 fully saturated rings. The second-order valence-electron chi connectivity index (χ2n) is 7.69. The minimum atomic E-state index is -1.23. The fraction of sp³-hybridized carbons (Fsp3) is 0.684. The summed E-state index contributed by atoms with van der Waals surface area (Å²) in [5, 5.41) is 15.4. The van der Waals surface area contributed by atoms with Gasteiger partial charge < -0.3 is 32.5 Å². The van der Waals surface area contributed by atoms with Gasteiger partial charge in [0.25, 0.3) is 0 Å². The molecule has 0 aliphatic carbocycles. The number of thiol groups is 1. The Morgan fingerprint density at radius 2 is 1.62 bits per heavy atom. The van der Waals surface area contributed by atoms with Crippen molar-refractivity contribution in [1.82, 2.24) is 16.0 Å². The van der Waals surface area contributed by atoms with Crippen molar-refractivity contribution < 1.29 is 29.1 Å². The van der Waals surface area contributed by atoms with Gasteiger partial charge in [0.1, 0.15) is 11.8 Å². The highest BCUT2D eigenvalue weighted by atomic mass is 32.1. The minimum Gasteiger partial charge on any atom is -0.480 e.